The number of carbonyl (C=O) groups excluding carboxylic acids is 1. The summed E-state index contributed by atoms with van der Waals surface area (Å²) in [6.07, 6.45) is 0.612. The lowest BCUT2D eigenvalue weighted by Gasteiger charge is -2.23. The SMILES string of the molecule is Cc1cccc2c1Oc1nc(-c3ccc(F)cc3)nc(SCC(=O)N(C)c3ccccc3)c1C2. The smallest absolute Gasteiger partial charge is 0.237 e. The Morgan fingerprint density at radius 3 is 2.56 bits per heavy atom. The Kier molecular flexibility index (Phi) is 6.02. The normalized spacial score (nSPS) is 11.9. The number of para-hydroxylation sites is 2. The summed E-state index contributed by atoms with van der Waals surface area (Å²) in [7, 11) is 1.76. The van der Waals surface area contributed by atoms with Crippen LogP contribution in [-0.4, -0.2) is 28.7 Å². The maximum absolute atomic E-state index is 13.5. The van der Waals surface area contributed by atoms with Gasteiger partial charge in [0.15, 0.2) is 5.82 Å². The molecule has 5 nitrogen and oxygen atoms in total. The largest absolute Gasteiger partial charge is 0.438 e. The molecule has 1 aliphatic heterocycles. The average Bonchev–Trinajstić information content (AvgIpc) is 2.87. The molecule has 0 unspecified atom stereocenters. The number of anilines is 1. The van der Waals surface area contributed by atoms with E-state index in [1.165, 1.54) is 23.9 Å². The molecule has 1 aliphatic rings. The third-order valence-electron chi connectivity index (χ3n) is 5.74. The van der Waals surface area contributed by atoms with Crippen LogP contribution in [0.5, 0.6) is 11.6 Å². The molecule has 3 aromatic carbocycles. The summed E-state index contributed by atoms with van der Waals surface area (Å²) in [5.74, 6) is 1.55. The van der Waals surface area contributed by atoms with E-state index in [9.17, 15) is 9.18 Å². The number of benzene rings is 3. The minimum absolute atomic E-state index is 0.0418. The number of hydrogen-bond acceptors (Lipinski definition) is 5. The van der Waals surface area contributed by atoms with E-state index in [2.05, 4.69) is 4.98 Å². The molecule has 7 heteroatoms. The summed E-state index contributed by atoms with van der Waals surface area (Å²) in [5.41, 5.74) is 4.44. The molecule has 0 saturated heterocycles. The summed E-state index contributed by atoms with van der Waals surface area (Å²) >= 11 is 1.36. The van der Waals surface area contributed by atoms with Crippen LogP contribution in [0.15, 0.2) is 77.8 Å². The average molecular weight is 472 g/mol. The Balaban J connectivity index is 1.48. The first kappa shape index (κ1) is 22.1. The third-order valence-corrected chi connectivity index (χ3v) is 6.75. The van der Waals surface area contributed by atoms with Gasteiger partial charge in [0.05, 0.1) is 11.3 Å². The van der Waals surface area contributed by atoms with Crippen LogP contribution in [0.1, 0.15) is 16.7 Å². The highest BCUT2D eigenvalue weighted by molar-refractivity contribution is 8.00. The van der Waals surface area contributed by atoms with Crippen LogP contribution < -0.4 is 9.64 Å². The van der Waals surface area contributed by atoms with Crippen molar-refractivity contribution in [2.75, 3.05) is 17.7 Å². The van der Waals surface area contributed by atoms with Crippen LogP contribution in [-0.2, 0) is 11.2 Å². The molecule has 34 heavy (non-hydrogen) atoms. The van der Waals surface area contributed by atoms with Gasteiger partial charge in [-0.15, -0.1) is 0 Å². The van der Waals surface area contributed by atoms with Crippen molar-refractivity contribution in [1.29, 1.82) is 0 Å². The first-order valence-corrected chi connectivity index (χ1v) is 11.9. The number of ether oxygens (including phenoxy) is 1. The van der Waals surface area contributed by atoms with Crippen LogP contribution in [0.3, 0.4) is 0 Å². The Bertz CT molecular complexity index is 1360. The van der Waals surface area contributed by atoms with Crippen molar-refractivity contribution in [2.24, 2.45) is 0 Å². The van der Waals surface area contributed by atoms with Gasteiger partial charge in [-0.25, -0.2) is 9.37 Å². The Morgan fingerprint density at radius 1 is 1.03 bits per heavy atom. The van der Waals surface area contributed by atoms with Crippen LogP contribution in [0.4, 0.5) is 10.1 Å². The van der Waals surface area contributed by atoms with E-state index < -0.39 is 0 Å². The molecule has 1 aromatic heterocycles. The van der Waals surface area contributed by atoms with Crippen molar-refractivity contribution in [3.05, 3.63) is 95.3 Å². The highest BCUT2D eigenvalue weighted by atomic mass is 32.2. The molecule has 5 rings (SSSR count). The molecular formula is C27H22FN3O2S. The van der Waals surface area contributed by atoms with Crippen LogP contribution in [0, 0.1) is 12.7 Å². The van der Waals surface area contributed by atoms with E-state index in [4.69, 9.17) is 9.72 Å². The van der Waals surface area contributed by atoms with Gasteiger partial charge in [0.1, 0.15) is 16.6 Å². The second-order valence-corrected chi connectivity index (χ2v) is 9.03. The standard InChI is InChI=1S/C27H22FN3O2S/c1-17-7-6-8-19-15-22-26(33-24(17)19)29-25(18-11-13-20(28)14-12-18)30-27(22)34-16-23(32)31(2)21-9-4-3-5-10-21/h3-14H,15-16H2,1-2H3. The number of halogens is 1. The van der Waals surface area contributed by atoms with Gasteiger partial charge in [0.2, 0.25) is 11.8 Å². The molecule has 0 spiro atoms. The van der Waals surface area contributed by atoms with Gasteiger partial charge in [-0.3, -0.25) is 4.79 Å². The van der Waals surface area contributed by atoms with Crippen molar-refractivity contribution in [1.82, 2.24) is 9.97 Å². The number of thioether (sulfide) groups is 1. The Morgan fingerprint density at radius 2 is 1.79 bits per heavy atom. The highest BCUT2D eigenvalue weighted by Crippen LogP contribution is 2.41. The number of aryl methyl sites for hydroxylation is 1. The summed E-state index contributed by atoms with van der Waals surface area (Å²) in [5, 5.41) is 0.686. The molecule has 0 N–H and O–H groups in total. The lowest BCUT2D eigenvalue weighted by atomic mass is 10.0. The van der Waals surface area contributed by atoms with E-state index in [1.54, 1.807) is 24.1 Å². The second kappa shape index (κ2) is 9.27. The molecule has 1 amide bonds. The summed E-state index contributed by atoms with van der Waals surface area (Å²) in [4.78, 5) is 24.0. The summed E-state index contributed by atoms with van der Waals surface area (Å²) in [6.45, 7) is 2.00. The minimum atomic E-state index is -0.327. The van der Waals surface area contributed by atoms with E-state index in [0.29, 0.717) is 28.7 Å². The second-order valence-electron chi connectivity index (χ2n) is 8.06. The fourth-order valence-corrected chi connectivity index (χ4v) is 4.77. The van der Waals surface area contributed by atoms with Gasteiger partial charge in [0, 0.05) is 24.7 Å². The zero-order chi connectivity index (χ0) is 23.7. The fraction of sp³-hybridized carbons (Fsp3) is 0.148. The topological polar surface area (TPSA) is 55.3 Å². The first-order valence-electron chi connectivity index (χ1n) is 10.9. The summed E-state index contributed by atoms with van der Waals surface area (Å²) in [6, 6.07) is 21.6. The Labute approximate surface area is 201 Å². The third kappa shape index (κ3) is 4.39. The predicted molar refractivity (Wildman–Crippen MR) is 132 cm³/mol. The van der Waals surface area contributed by atoms with Gasteiger partial charge in [0.25, 0.3) is 0 Å². The maximum Gasteiger partial charge on any atom is 0.237 e. The van der Waals surface area contributed by atoms with Crippen molar-refractivity contribution in [2.45, 2.75) is 18.4 Å². The zero-order valence-corrected chi connectivity index (χ0v) is 19.6. The van der Waals surface area contributed by atoms with E-state index >= 15 is 0 Å². The Hall–Kier alpha value is -3.71. The molecule has 0 radical (unpaired) electrons. The van der Waals surface area contributed by atoms with E-state index in [0.717, 1.165) is 28.1 Å². The van der Waals surface area contributed by atoms with Crippen LogP contribution in [0.2, 0.25) is 0 Å². The van der Waals surface area contributed by atoms with Gasteiger partial charge in [-0.1, -0.05) is 48.2 Å². The number of carbonyl (C=O) groups is 1. The van der Waals surface area contributed by atoms with E-state index in [-0.39, 0.29) is 17.5 Å². The molecule has 4 aromatic rings. The number of nitrogens with zero attached hydrogens (tertiary/aromatic N) is 3. The summed E-state index contributed by atoms with van der Waals surface area (Å²) < 4.78 is 19.7. The van der Waals surface area contributed by atoms with E-state index in [1.807, 2.05) is 55.5 Å². The molecular weight excluding hydrogens is 449 g/mol. The lowest BCUT2D eigenvalue weighted by molar-refractivity contribution is -0.115. The molecule has 0 fully saturated rings. The molecule has 0 saturated carbocycles. The number of fused-ring (bicyclic) bond motifs is 2. The number of aromatic nitrogens is 2. The molecule has 0 atom stereocenters. The zero-order valence-electron chi connectivity index (χ0n) is 18.8. The van der Waals surface area contributed by atoms with Crippen molar-refractivity contribution < 1.29 is 13.9 Å². The lowest BCUT2D eigenvalue weighted by Crippen LogP contribution is -2.28. The van der Waals surface area contributed by atoms with Gasteiger partial charge >= 0.3 is 0 Å². The number of amides is 1. The van der Waals surface area contributed by atoms with Crippen molar-refractivity contribution >= 4 is 23.4 Å². The number of rotatable bonds is 5. The first-order chi connectivity index (χ1) is 16.5. The van der Waals surface area contributed by atoms with Gasteiger partial charge in [-0.05, 0) is 54.4 Å². The minimum Gasteiger partial charge on any atom is -0.438 e. The van der Waals surface area contributed by atoms with Crippen LogP contribution in [0.25, 0.3) is 11.4 Å². The molecule has 170 valence electrons. The van der Waals surface area contributed by atoms with Crippen LogP contribution >= 0.6 is 11.8 Å². The molecule has 2 heterocycles. The van der Waals surface area contributed by atoms with Crippen molar-refractivity contribution in [3.8, 4) is 23.0 Å². The highest BCUT2D eigenvalue weighted by Gasteiger charge is 2.26. The van der Waals surface area contributed by atoms with Crippen molar-refractivity contribution in [3.63, 3.8) is 0 Å². The monoisotopic (exact) mass is 471 g/mol. The molecule has 0 bridgehead atoms. The quantitative estimate of drug-likeness (QED) is 0.231. The van der Waals surface area contributed by atoms with Gasteiger partial charge in [-0.2, -0.15) is 4.98 Å². The van der Waals surface area contributed by atoms with Gasteiger partial charge < -0.3 is 9.64 Å². The number of hydrogen-bond donors (Lipinski definition) is 0. The maximum atomic E-state index is 13.5. The predicted octanol–water partition coefficient (Wildman–Crippen LogP) is 6.04. The molecule has 0 aliphatic carbocycles. The fourth-order valence-electron chi connectivity index (χ4n) is 3.84.